The van der Waals surface area contributed by atoms with E-state index in [1.54, 1.807) is 0 Å². The Morgan fingerprint density at radius 3 is 1.90 bits per heavy atom. The fraction of sp³-hybridized carbons (Fsp3) is 0.455. The fourth-order valence-electron chi connectivity index (χ4n) is 4.13. The van der Waals surface area contributed by atoms with Crippen molar-refractivity contribution in [2.45, 2.75) is 49.6 Å². The predicted molar refractivity (Wildman–Crippen MR) is 101 cm³/mol. The van der Waals surface area contributed by atoms with Crippen molar-refractivity contribution in [2.75, 3.05) is 13.1 Å². The molecule has 2 aromatic rings. The molecule has 1 unspecified atom stereocenters. The van der Waals surface area contributed by atoms with Crippen molar-refractivity contribution in [3.05, 3.63) is 70.8 Å². The van der Waals surface area contributed by atoms with E-state index in [1.165, 1.54) is 0 Å². The van der Waals surface area contributed by atoms with Crippen LogP contribution in [-0.4, -0.2) is 18.2 Å². The third-order valence-electron chi connectivity index (χ3n) is 5.84. The van der Waals surface area contributed by atoms with Gasteiger partial charge in [-0.1, -0.05) is 30.3 Å². The van der Waals surface area contributed by atoms with Crippen molar-refractivity contribution in [3.8, 4) is 0 Å². The zero-order valence-electron chi connectivity index (χ0n) is 16.2. The standard InChI is InChI=1S/C22H23F6NO/c23-21(24,25)17-12-15(13-18(14-17)22(26,27)28)19(30)6-7-20(8-10-29-11-9-20)16-4-2-1-3-5-16/h1-5,12-14,19,29-30H,6-11H2. The van der Waals surface area contributed by atoms with Crippen LogP contribution in [0.15, 0.2) is 48.5 Å². The number of benzene rings is 2. The van der Waals surface area contributed by atoms with E-state index in [1.807, 2.05) is 30.3 Å². The van der Waals surface area contributed by atoms with Crippen molar-refractivity contribution in [2.24, 2.45) is 0 Å². The Bertz CT molecular complexity index is 809. The molecule has 1 saturated heterocycles. The highest BCUT2D eigenvalue weighted by Crippen LogP contribution is 2.41. The first-order valence-corrected chi connectivity index (χ1v) is 9.75. The fourth-order valence-corrected chi connectivity index (χ4v) is 4.13. The molecule has 0 radical (unpaired) electrons. The second kappa shape index (κ2) is 8.59. The SMILES string of the molecule is OC(CCC1(c2ccccc2)CCNCC1)c1cc(C(F)(F)F)cc(C(F)(F)F)c1. The number of aliphatic hydroxyl groups is 1. The number of piperidine rings is 1. The van der Waals surface area contributed by atoms with Crippen molar-refractivity contribution < 1.29 is 31.4 Å². The Labute approximate surface area is 170 Å². The van der Waals surface area contributed by atoms with Crippen LogP contribution < -0.4 is 5.32 Å². The summed E-state index contributed by atoms with van der Waals surface area (Å²) < 4.78 is 78.6. The second-order valence-corrected chi connectivity index (χ2v) is 7.79. The summed E-state index contributed by atoms with van der Waals surface area (Å²) >= 11 is 0. The molecule has 0 bridgehead atoms. The Morgan fingerprint density at radius 2 is 1.40 bits per heavy atom. The quantitative estimate of drug-likeness (QED) is 0.582. The van der Waals surface area contributed by atoms with Gasteiger partial charge in [0.15, 0.2) is 0 Å². The lowest BCUT2D eigenvalue weighted by Gasteiger charge is -2.39. The number of nitrogens with one attached hydrogen (secondary N) is 1. The third-order valence-corrected chi connectivity index (χ3v) is 5.84. The third kappa shape index (κ3) is 5.16. The summed E-state index contributed by atoms with van der Waals surface area (Å²) in [5.74, 6) is 0. The van der Waals surface area contributed by atoms with E-state index >= 15 is 0 Å². The smallest absolute Gasteiger partial charge is 0.388 e. The molecule has 30 heavy (non-hydrogen) atoms. The van der Waals surface area contributed by atoms with Gasteiger partial charge in [0.25, 0.3) is 0 Å². The minimum Gasteiger partial charge on any atom is -0.388 e. The molecular formula is C22H23F6NO. The average molecular weight is 431 g/mol. The van der Waals surface area contributed by atoms with E-state index in [4.69, 9.17) is 0 Å². The van der Waals surface area contributed by atoms with Crippen molar-refractivity contribution in [1.29, 1.82) is 0 Å². The maximum atomic E-state index is 13.1. The Balaban J connectivity index is 1.86. The number of rotatable bonds is 5. The van der Waals surface area contributed by atoms with Crippen LogP contribution in [-0.2, 0) is 17.8 Å². The summed E-state index contributed by atoms with van der Waals surface area (Å²) in [6.07, 6.45) is -9.22. The summed E-state index contributed by atoms with van der Waals surface area (Å²) in [5.41, 5.74) is -2.40. The zero-order valence-corrected chi connectivity index (χ0v) is 16.2. The van der Waals surface area contributed by atoms with Gasteiger partial charge in [-0.25, -0.2) is 0 Å². The molecule has 8 heteroatoms. The first-order chi connectivity index (χ1) is 14.0. The van der Waals surface area contributed by atoms with Gasteiger partial charge < -0.3 is 10.4 Å². The van der Waals surface area contributed by atoms with Crippen molar-refractivity contribution in [1.82, 2.24) is 5.32 Å². The lowest BCUT2D eigenvalue weighted by Crippen LogP contribution is -2.40. The van der Waals surface area contributed by atoms with Gasteiger partial charge >= 0.3 is 12.4 Å². The van der Waals surface area contributed by atoms with Crippen LogP contribution in [0.1, 0.15) is 54.0 Å². The molecule has 3 rings (SSSR count). The van der Waals surface area contributed by atoms with Gasteiger partial charge in [0.1, 0.15) is 0 Å². The van der Waals surface area contributed by atoms with E-state index in [0.717, 1.165) is 31.5 Å². The molecule has 1 heterocycles. The Morgan fingerprint density at radius 1 is 0.867 bits per heavy atom. The molecule has 164 valence electrons. The maximum absolute atomic E-state index is 13.1. The van der Waals surface area contributed by atoms with Gasteiger partial charge in [-0.05, 0) is 73.5 Å². The van der Waals surface area contributed by atoms with E-state index < -0.39 is 29.6 Å². The van der Waals surface area contributed by atoms with E-state index in [-0.39, 0.29) is 23.5 Å². The molecule has 0 saturated carbocycles. The van der Waals surface area contributed by atoms with E-state index in [0.29, 0.717) is 18.6 Å². The van der Waals surface area contributed by atoms with Crippen LogP contribution in [0.25, 0.3) is 0 Å². The summed E-state index contributed by atoms with van der Waals surface area (Å²) in [6, 6.07) is 10.9. The molecule has 0 aromatic heterocycles. The number of hydrogen-bond donors (Lipinski definition) is 2. The highest BCUT2D eigenvalue weighted by atomic mass is 19.4. The second-order valence-electron chi connectivity index (χ2n) is 7.79. The van der Waals surface area contributed by atoms with Crippen LogP contribution in [0.5, 0.6) is 0 Å². The van der Waals surface area contributed by atoms with E-state index in [9.17, 15) is 31.4 Å². The van der Waals surface area contributed by atoms with Gasteiger partial charge in [-0.15, -0.1) is 0 Å². The molecule has 1 atom stereocenters. The van der Waals surface area contributed by atoms with Gasteiger partial charge in [-0.2, -0.15) is 26.3 Å². The minimum absolute atomic E-state index is 0.0630. The molecule has 2 nitrogen and oxygen atoms in total. The first kappa shape index (κ1) is 22.6. The van der Waals surface area contributed by atoms with E-state index in [2.05, 4.69) is 5.32 Å². The molecule has 0 aliphatic carbocycles. The van der Waals surface area contributed by atoms with Crippen molar-refractivity contribution >= 4 is 0 Å². The molecule has 2 N–H and O–H groups in total. The maximum Gasteiger partial charge on any atom is 0.416 e. The number of alkyl halides is 6. The number of hydrogen-bond acceptors (Lipinski definition) is 2. The molecule has 1 aliphatic heterocycles. The van der Waals surface area contributed by atoms with Crippen LogP contribution in [0.4, 0.5) is 26.3 Å². The molecule has 2 aromatic carbocycles. The summed E-state index contributed by atoms with van der Waals surface area (Å²) in [6.45, 7) is 1.51. The van der Waals surface area contributed by atoms with Crippen LogP contribution in [0, 0.1) is 0 Å². The summed E-state index contributed by atoms with van der Waals surface area (Å²) in [4.78, 5) is 0. The highest BCUT2D eigenvalue weighted by molar-refractivity contribution is 5.35. The van der Waals surface area contributed by atoms with Crippen LogP contribution in [0.2, 0.25) is 0 Å². The zero-order chi connectivity index (χ0) is 22.0. The molecule has 1 fully saturated rings. The minimum atomic E-state index is -4.93. The summed E-state index contributed by atoms with van der Waals surface area (Å²) in [5, 5.41) is 13.8. The highest BCUT2D eigenvalue weighted by Gasteiger charge is 2.38. The molecular weight excluding hydrogens is 408 g/mol. The predicted octanol–water partition coefficient (Wildman–Crippen LogP) is 5.86. The Hall–Kier alpha value is -2.06. The first-order valence-electron chi connectivity index (χ1n) is 9.75. The van der Waals surface area contributed by atoms with Crippen LogP contribution >= 0.6 is 0 Å². The lowest BCUT2D eigenvalue weighted by molar-refractivity contribution is -0.143. The van der Waals surface area contributed by atoms with Crippen LogP contribution in [0.3, 0.4) is 0 Å². The lowest BCUT2D eigenvalue weighted by atomic mass is 9.69. The average Bonchev–Trinajstić information content (AvgIpc) is 2.72. The topological polar surface area (TPSA) is 32.3 Å². The molecule has 1 aliphatic rings. The Kier molecular flexibility index (Phi) is 6.48. The molecule has 0 amide bonds. The number of halogens is 6. The largest absolute Gasteiger partial charge is 0.416 e. The van der Waals surface area contributed by atoms with Crippen molar-refractivity contribution in [3.63, 3.8) is 0 Å². The van der Waals surface area contributed by atoms with Gasteiger partial charge in [0.2, 0.25) is 0 Å². The number of aliphatic hydroxyl groups excluding tert-OH is 1. The monoisotopic (exact) mass is 431 g/mol. The molecule has 0 spiro atoms. The van der Waals surface area contributed by atoms with Gasteiger partial charge in [-0.3, -0.25) is 0 Å². The normalized spacial score (nSPS) is 18.2. The van der Waals surface area contributed by atoms with Gasteiger partial charge in [0, 0.05) is 0 Å². The summed E-state index contributed by atoms with van der Waals surface area (Å²) in [7, 11) is 0. The van der Waals surface area contributed by atoms with Gasteiger partial charge in [0.05, 0.1) is 17.2 Å².